The Balaban J connectivity index is 2.04. The molecule has 1 spiro atoms. The lowest BCUT2D eigenvalue weighted by Crippen LogP contribution is -2.50. The highest BCUT2D eigenvalue weighted by Gasteiger charge is 2.51. The third-order valence-corrected chi connectivity index (χ3v) is 4.87. The maximum atomic E-state index is 12.7. The molecule has 1 saturated heterocycles. The molecule has 6 nitrogen and oxygen atoms in total. The summed E-state index contributed by atoms with van der Waals surface area (Å²) in [5.41, 5.74) is -1.11. The van der Waals surface area contributed by atoms with Gasteiger partial charge in [0.1, 0.15) is 12.1 Å². The molecule has 0 unspecified atom stereocenters. The summed E-state index contributed by atoms with van der Waals surface area (Å²) >= 11 is 0. The van der Waals surface area contributed by atoms with Gasteiger partial charge in [-0.05, 0) is 33.1 Å². The molecule has 22 heavy (non-hydrogen) atoms. The van der Waals surface area contributed by atoms with Gasteiger partial charge in [0.2, 0.25) is 5.91 Å². The Morgan fingerprint density at radius 2 is 1.82 bits per heavy atom. The Labute approximate surface area is 132 Å². The molecular formula is C16H27N3O3. The van der Waals surface area contributed by atoms with Crippen LogP contribution in [0.1, 0.15) is 65.7 Å². The van der Waals surface area contributed by atoms with Crippen molar-refractivity contribution in [1.82, 2.24) is 15.5 Å². The number of amides is 4. The molecular weight excluding hydrogens is 282 g/mol. The van der Waals surface area contributed by atoms with Crippen LogP contribution in [0.4, 0.5) is 4.79 Å². The molecule has 0 aromatic heterocycles. The number of hydrogen-bond donors (Lipinski definition) is 2. The zero-order valence-electron chi connectivity index (χ0n) is 13.8. The van der Waals surface area contributed by atoms with Gasteiger partial charge in [0.05, 0.1) is 0 Å². The van der Waals surface area contributed by atoms with Gasteiger partial charge in [-0.15, -0.1) is 0 Å². The molecule has 4 amide bonds. The van der Waals surface area contributed by atoms with Gasteiger partial charge in [0.15, 0.2) is 0 Å². The van der Waals surface area contributed by atoms with Crippen molar-refractivity contribution in [2.45, 2.75) is 76.8 Å². The van der Waals surface area contributed by atoms with Gasteiger partial charge < -0.3 is 10.6 Å². The first-order valence-electron chi connectivity index (χ1n) is 8.25. The fourth-order valence-electron chi connectivity index (χ4n) is 3.14. The zero-order valence-corrected chi connectivity index (χ0v) is 13.8. The summed E-state index contributed by atoms with van der Waals surface area (Å²) in [6.07, 6.45) is 6.20. The van der Waals surface area contributed by atoms with E-state index in [-0.39, 0.29) is 23.9 Å². The molecule has 1 aliphatic heterocycles. The molecule has 2 aliphatic rings. The molecule has 1 heterocycles. The summed E-state index contributed by atoms with van der Waals surface area (Å²) in [7, 11) is 0. The van der Waals surface area contributed by atoms with Crippen LogP contribution in [-0.2, 0) is 9.59 Å². The van der Waals surface area contributed by atoms with Crippen molar-refractivity contribution in [1.29, 1.82) is 0 Å². The Hall–Kier alpha value is -1.59. The van der Waals surface area contributed by atoms with Gasteiger partial charge >= 0.3 is 6.03 Å². The zero-order chi connectivity index (χ0) is 16.4. The quantitative estimate of drug-likeness (QED) is 0.779. The fourth-order valence-corrected chi connectivity index (χ4v) is 3.14. The van der Waals surface area contributed by atoms with Crippen molar-refractivity contribution < 1.29 is 14.4 Å². The van der Waals surface area contributed by atoms with Crippen LogP contribution in [0.25, 0.3) is 0 Å². The smallest absolute Gasteiger partial charge is 0.325 e. The first kappa shape index (κ1) is 16.8. The molecule has 0 bridgehead atoms. The molecule has 2 fully saturated rings. The number of carbonyl (C=O) groups is 3. The van der Waals surface area contributed by atoms with Crippen LogP contribution in [0.5, 0.6) is 0 Å². The van der Waals surface area contributed by atoms with Crippen LogP contribution in [-0.4, -0.2) is 40.4 Å². The fraction of sp³-hybridized carbons (Fsp3) is 0.812. The lowest BCUT2D eigenvalue weighted by Gasteiger charge is -2.26. The molecule has 0 aromatic rings. The van der Waals surface area contributed by atoms with E-state index in [1.165, 1.54) is 0 Å². The molecule has 1 saturated carbocycles. The Morgan fingerprint density at radius 1 is 1.23 bits per heavy atom. The molecule has 0 radical (unpaired) electrons. The number of carbonyl (C=O) groups excluding carboxylic acids is 3. The van der Waals surface area contributed by atoms with Crippen molar-refractivity contribution in [2.24, 2.45) is 0 Å². The topological polar surface area (TPSA) is 78.5 Å². The third kappa shape index (κ3) is 3.42. The van der Waals surface area contributed by atoms with Gasteiger partial charge in [-0.3, -0.25) is 14.5 Å². The summed E-state index contributed by atoms with van der Waals surface area (Å²) < 4.78 is 0. The number of urea groups is 1. The third-order valence-electron chi connectivity index (χ3n) is 4.87. The molecule has 0 aromatic carbocycles. The second-order valence-electron chi connectivity index (χ2n) is 7.10. The molecule has 0 atom stereocenters. The van der Waals surface area contributed by atoms with E-state index in [1.54, 1.807) is 0 Å². The molecule has 124 valence electrons. The highest BCUT2D eigenvalue weighted by atomic mass is 16.2. The van der Waals surface area contributed by atoms with Crippen LogP contribution in [0.2, 0.25) is 0 Å². The van der Waals surface area contributed by atoms with E-state index in [0.717, 1.165) is 37.0 Å². The van der Waals surface area contributed by atoms with Crippen LogP contribution in [0.3, 0.4) is 0 Å². The maximum absolute atomic E-state index is 12.7. The van der Waals surface area contributed by atoms with E-state index < -0.39 is 11.6 Å². The van der Waals surface area contributed by atoms with Crippen LogP contribution in [0, 0.1) is 0 Å². The average molecular weight is 309 g/mol. The second kappa shape index (κ2) is 6.26. The number of nitrogens with one attached hydrogen (secondary N) is 2. The van der Waals surface area contributed by atoms with E-state index >= 15 is 0 Å². The summed E-state index contributed by atoms with van der Waals surface area (Å²) in [6, 6.07) is -0.434. The van der Waals surface area contributed by atoms with Crippen molar-refractivity contribution in [3.63, 3.8) is 0 Å². The Bertz CT molecular complexity index is 465. The lowest BCUT2D eigenvalue weighted by atomic mass is 9.90. The SMILES string of the molecule is CCC(C)(C)NC(=O)CN1C(=O)NC2(CCCCCC2)C1=O. The summed E-state index contributed by atoms with van der Waals surface area (Å²) in [5, 5.41) is 5.71. The van der Waals surface area contributed by atoms with E-state index in [2.05, 4.69) is 10.6 Å². The summed E-state index contributed by atoms with van der Waals surface area (Å²) in [4.78, 5) is 38.0. The van der Waals surface area contributed by atoms with E-state index in [9.17, 15) is 14.4 Å². The first-order valence-corrected chi connectivity index (χ1v) is 8.25. The Morgan fingerprint density at radius 3 is 2.36 bits per heavy atom. The summed E-state index contributed by atoms with van der Waals surface area (Å²) in [6.45, 7) is 5.62. The summed E-state index contributed by atoms with van der Waals surface area (Å²) in [5.74, 6) is -0.523. The standard InChI is InChI=1S/C16H27N3O3/c1-4-15(2,3)17-12(20)11-19-13(21)16(18-14(19)22)9-7-5-6-8-10-16/h4-11H2,1-3H3,(H,17,20)(H,18,22). The van der Waals surface area contributed by atoms with Crippen molar-refractivity contribution in [2.75, 3.05) is 6.54 Å². The van der Waals surface area contributed by atoms with Crippen molar-refractivity contribution in [3.8, 4) is 0 Å². The molecule has 2 N–H and O–H groups in total. The monoisotopic (exact) mass is 309 g/mol. The average Bonchev–Trinajstić information content (AvgIpc) is 2.63. The highest BCUT2D eigenvalue weighted by molar-refractivity contribution is 6.09. The second-order valence-corrected chi connectivity index (χ2v) is 7.10. The van der Waals surface area contributed by atoms with Gasteiger partial charge in [-0.2, -0.15) is 0 Å². The predicted octanol–water partition coefficient (Wildman–Crippen LogP) is 1.94. The maximum Gasteiger partial charge on any atom is 0.325 e. The minimum atomic E-state index is -0.770. The minimum absolute atomic E-state index is 0.199. The van der Waals surface area contributed by atoms with Gasteiger partial charge in [0, 0.05) is 5.54 Å². The lowest BCUT2D eigenvalue weighted by molar-refractivity contribution is -0.135. The van der Waals surface area contributed by atoms with Crippen LogP contribution < -0.4 is 10.6 Å². The van der Waals surface area contributed by atoms with Crippen molar-refractivity contribution in [3.05, 3.63) is 0 Å². The van der Waals surface area contributed by atoms with Crippen molar-refractivity contribution >= 4 is 17.8 Å². The van der Waals surface area contributed by atoms with Gasteiger partial charge in [0.25, 0.3) is 5.91 Å². The van der Waals surface area contributed by atoms with Gasteiger partial charge in [-0.1, -0.05) is 32.6 Å². The number of hydrogen-bond acceptors (Lipinski definition) is 3. The highest BCUT2D eigenvalue weighted by Crippen LogP contribution is 2.32. The largest absolute Gasteiger partial charge is 0.350 e. The van der Waals surface area contributed by atoms with E-state index in [4.69, 9.17) is 0 Å². The molecule has 2 rings (SSSR count). The normalized spacial score (nSPS) is 21.7. The van der Waals surface area contributed by atoms with E-state index in [0.29, 0.717) is 12.8 Å². The minimum Gasteiger partial charge on any atom is -0.350 e. The van der Waals surface area contributed by atoms with Gasteiger partial charge in [-0.25, -0.2) is 4.79 Å². The van der Waals surface area contributed by atoms with E-state index in [1.807, 2.05) is 20.8 Å². The number of imide groups is 1. The molecule has 6 heteroatoms. The first-order chi connectivity index (χ1) is 10.3. The predicted molar refractivity (Wildman–Crippen MR) is 83.2 cm³/mol. The number of nitrogens with zero attached hydrogens (tertiary/aromatic N) is 1. The Kier molecular flexibility index (Phi) is 4.78. The van der Waals surface area contributed by atoms with Crippen LogP contribution in [0.15, 0.2) is 0 Å². The number of rotatable bonds is 4. The van der Waals surface area contributed by atoms with Crippen LogP contribution >= 0.6 is 0 Å². The molecule has 1 aliphatic carbocycles.